The van der Waals surface area contributed by atoms with E-state index in [4.69, 9.17) is 16.3 Å². The first-order valence-electron chi connectivity index (χ1n) is 7.75. The second-order valence-corrected chi connectivity index (χ2v) is 7.05. The van der Waals surface area contributed by atoms with E-state index in [1.807, 2.05) is 24.3 Å². The van der Waals surface area contributed by atoms with E-state index in [-0.39, 0.29) is 11.8 Å². The molecule has 1 unspecified atom stereocenters. The SMILES string of the molecule is CC1Oc2ccc(NC(=O)CSCc3ccc(Cl)cc3)cc2NC1=O. The van der Waals surface area contributed by atoms with Crippen LogP contribution in [0, 0.1) is 0 Å². The lowest BCUT2D eigenvalue weighted by atomic mass is 10.2. The van der Waals surface area contributed by atoms with Gasteiger partial charge < -0.3 is 15.4 Å². The molecule has 0 saturated heterocycles. The zero-order valence-corrected chi connectivity index (χ0v) is 15.1. The molecule has 2 aromatic carbocycles. The molecule has 0 aromatic heterocycles. The molecule has 0 saturated carbocycles. The molecule has 0 aliphatic carbocycles. The summed E-state index contributed by atoms with van der Waals surface area (Å²) < 4.78 is 5.49. The third kappa shape index (κ3) is 4.67. The summed E-state index contributed by atoms with van der Waals surface area (Å²) in [6.45, 7) is 1.69. The van der Waals surface area contributed by atoms with Crippen LogP contribution in [0.3, 0.4) is 0 Å². The smallest absolute Gasteiger partial charge is 0.265 e. The van der Waals surface area contributed by atoms with Crippen molar-refractivity contribution in [3.63, 3.8) is 0 Å². The van der Waals surface area contributed by atoms with Crippen LogP contribution in [-0.2, 0) is 15.3 Å². The minimum absolute atomic E-state index is 0.102. The van der Waals surface area contributed by atoms with E-state index in [1.54, 1.807) is 25.1 Å². The van der Waals surface area contributed by atoms with Gasteiger partial charge in [0.05, 0.1) is 11.4 Å². The van der Waals surface area contributed by atoms with Gasteiger partial charge in [0.1, 0.15) is 5.75 Å². The zero-order valence-electron chi connectivity index (χ0n) is 13.5. The van der Waals surface area contributed by atoms with Crippen molar-refractivity contribution in [2.24, 2.45) is 0 Å². The average Bonchev–Trinajstić information content (AvgIpc) is 2.58. The van der Waals surface area contributed by atoms with E-state index >= 15 is 0 Å². The Kier molecular flexibility index (Phi) is 5.50. The molecule has 1 aliphatic heterocycles. The van der Waals surface area contributed by atoms with Gasteiger partial charge in [-0.25, -0.2) is 0 Å². The van der Waals surface area contributed by atoms with Crippen molar-refractivity contribution < 1.29 is 14.3 Å². The van der Waals surface area contributed by atoms with Crippen LogP contribution in [-0.4, -0.2) is 23.7 Å². The molecule has 3 rings (SSSR count). The fraction of sp³-hybridized carbons (Fsp3) is 0.222. The van der Waals surface area contributed by atoms with Crippen LogP contribution in [0.15, 0.2) is 42.5 Å². The molecule has 25 heavy (non-hydrogen) atoms. The van der Waals surface area contributed by atoms with Gasteiger partial charge in [-0.2, -0.15) is 0 Å². The number of carbonyl (C=O) groups is 2. The molecule has 0 radical (unpaired) electrons. The lowest BCUT2D eigenvalue weighted by molar-refractivity contribution is -0.122. The van der Waals surface area contributed by atoms with Crippen molar-refractivity contribution in [2.45, 2.75) is 18.8 Å². The summed E-state index contributed by atoms with van der Waals surface area (Å²) in [4.78, 5) is 23.7. The van der Waals surface area contributed by atoms with Crippen LogP contribution in [0.2, 0.25) is 5.02 Å². The number of hydrogen-bond acceptors (Lipinski definition) is 4. The molecular weight excluding hydrogens is 360 g/mol. The summed E-state index contributed by atoms with van der Waals surface area (Å²) in [5.41, 5.74) is 2.30. The number of hydrogen-bond donors (Lipinski definition) is 2. The van der Waals surface area contributed by atoms with E-state index in [9.17, 15) is 9.59 Å². The van der Waals surface area contributed by atoms with Crippen molar-refractivity contribution in [1.82, 2.24) is 0 Å². The fourth-order valence-corrected chi connectivity index (χ4v) is 3.24. The van der Waals surface area contributed by atoms with Crippen molar-refractivity contribution in [2.75, 3.05) is 16.4 Å². The maximum absolute atomic E-state index is 12.1. The van der Waals surface area contributed by atoms with Gasteiger partial charge in [0.15, 0.2) is 6.10 Å². The Morgan fingerprint density at radius 1 is 1.28 bits per heavy atom. The molecule has 7 heteroatoms. The van der Waals surface area contributed by atoms with Crippen LogP contribution in [0.1, 0.15) is 12.5 Å². The van der Waals surface area contributed by atoms with Gasteiger partial charge in [0.25, 0.3) is 5.91 Å². The number of fused-ring (bicyclic) bond motifs is 1. The molecule has 5 nitrogen and oxygen atoms in total. The number of amides is 2. The van der Waals surface area contributed by atoms with Crippen LogP contribution in [0.5, 0.6) is 5.75 Å². The van der Waals surface area contributed by atoms with Crippen molar-refractivity contribution in [3.8, 4) is 5.75 Å². The highest BCUT2D eigenvalue weighted by atomic mass is 35.5. The number of carbonyl (C=O) groups excluding carboxylic acids is 2. The first kappa shape index (κ1) is 17.6. The van der Waals surface area contributed by atoms with Crippen LogP contribution < -0.4 is 15.4 Å². The number of benzene rings is 2. The summed E-state index contributed by atoms with van der Waals surface area (Å²) in [7, 11) is 0. The third-order valence-corrected chi connectivity index (χ3v) is 4.87. The van der Waals surface area contributed by atoms with Crippen molar-refractivity contribution in [1.29, 1.82) is 0 Å². The van der Waals surface area contributed by atoms with Crippen LogP contribution >= 0.6 is 23.4 Å². The first-order valence-corrected chi connectivity index (χ1v) is 9.28. The predicted molar refractivity (Wildman–Crippen MR) is 101 cm³/mol. The molecule has 2 aromatic rings. The Bertz CT molecular complexity index is 795. The van der Waals surface area contributed by atoms with Gasteiger partial charge in [-0.05, 0) is 42.8 Å². The number of ether oxygens (including phenoxy) is 1. The highest BCUT2D eigenvalue weighted by Crippen LogP contribution is 2.32. The Balaban J connectivity index is 1.52. The lowest BCUT2D eigenvalue weighted by Crippen LogP contribution is -2.34. The van der Waals surface area contributed by atoms with E-state index in [0.717, 1.165) is 11.3 Å². The molecule has 0 bridgehead atoms. The maximum Gasteiger partial charge on any atom is 0.265 e. The average molecular weight is 377 g/mol. The Labute approximate surface area is 155 Å². The molecule has 2 amide bonds. The standard InChI is InChI=1S/C18H17ClN2O3S/c1-11-18(23)21-15-8-14(6-7-16(15)24-11)20-17(22)10-25-9-12-2-4-13(19)5-3-12/h2-8,11H,9-10H2,1H3,(H,20,22)(H,21,23). The molecular formula is C18H17ClN2O3S. The predicted octanol–water partition coefficient (Wildman–Crippen LogP) is 3.93. The largest absolute Gasteiger partial charge is 0.479 e. The topological polar surface area (TPSA) is 67.4 Å². The summed E-state index contributed by atoms with van der Waals surface area (Å²) in [6.07, 6.45) is -0.516. The van der Waals surface area contributed by atoms with E-state index in [0.29, 0.717) is 27.9 Å². The first-order chi connectivity index (χ1) is 12.0. The van der Waals surface area contributed by atoms with Gasteiger partial charge in [-0.15, -0.1) is 11.8 Å². The van der Waals surface area contributed by atoms with Crippen molar-refractivity contribution in [3.05, 3.63) is 53.1 Å². The second-order valence-electron chi connectivity index (χ2n) is 5.63. The summed E-state index contributed by atoms with van der Waals surface area (Å²) >= 11 is 7.37. The number of nitrogens with one attached hydrogen (secondary N) is 2. The Morgan fingerprint density at radius 2 is 2.04 bits per heavy atom. The lowest BCUT2D eigenvalue weighted by Gasteiger charge is -2.23. The van der Waals surface area contributed by atoms with E-state index in [2.05, 4.69) is 10.6 Å². The molecule has 1 heterocycles. The van der Waals surface area contributed by atoms with Crippen molar-refractivity contribution >= 4 is 46.6 Å². The minimum atomic E-state index is -0.516. The molecule has 0 spiro atoms. The summed E-state index contributed by atoms with van der Waals surface area (Å²) in [5, 5.41) is 6.29. The molecule has 1 aliphatic rings. The van der Waals surface area contributed by atoms with Gasteiger partial charge in [-0.3, -0.25) is 9.59 Å². The molecule has 2 N–H and O–H groups in total. The highest BCUT2D eigenvalue weighted by molar-refractivity contribution is 7.99. The number of rotatable bonds is 5. The van der Waals surface area contributed by atoms with E-state index in [1.165, 1.54) is 11.8 Å². The maximum atomic E-state index is 12.1. The quantitative estimate of drug-likeness (QED) is 0.829. The zero-order chi connectivity index (χ0) is 17.8. The molecule has 1 atom stereocenters. The third-order valence-electron chi connectivity index (χ3n) is 3.61. The normalized spacial score (nSPS) is 15.8. The second kappa shape index (κ2) is 7.80. The summed E-state index contributed by atoms with van der Waals surface area (Å²) in [5.74, 6) is 1.36. The monoisotopic (exact) mass is 376 g/mol. The molecule has 0 fully saturated rings. The van der Waals surface area contributed by atoms with Gasteiger partial charge in [0, 0.05) is 16.5 Å². The number of thioether (sulfide) groups is 1. The van der Waals surface area contributed by atoms with E-state index < -0.39 is 6.10 Å². The fourth-order valence-electron chi connectivity index (χ4n) is 2.33. The number of halogens is 1. The highest BCUT2D eigenvalue weighted by Gasteiger charge is 2.23. The Hall–Kier alpha value is -2.18. The Morgan fingerprint density at radius 3 is 2.80 bits per heavy atom. The van der Waals surface area contributed by atoms with Gasteiger partial charge in [0.2, 0.25) is 5.91 Å². The van der Waals surface area contributed by atoms with Gasteiger partial charge >= 0.3 is 0 Å². The molecule has 130 valence electrons. The van der Waals surface area contributed by atoms with Crippen LogP contribution in [0.25, 0.3) is 0 Å². The minimum Gasteiger partial charge on any atom is -0.479 e. The number of anilines is 2. The van der Waals surface area contributed by atoms with Gasteiger partial charge in [-0.1, -0.05) is 23.7 Å². The van der Waals surface area contributed by atoms with Crippen LogP contribution in [0.4, 0.5) is 11.4 Å². The summed E-state index contributed by atoms with van der Waals surface area (Å²) in [6, 6.07) is 12.7.